The first-order valence-corrected chi connectivity index (χ1v) is 7.03. The maximum atomic E-state index is 13.9. The first-order valence-electron chi connectivity index (χ1n) is 6.15. The summed E-state index contributed by atoms with van der Waals surface area (Å²) in [6.07, 6.45) is 0. The average molecular weight is 279 g/mol. The highest BCUT2D eigenvalue weighted by molar-refractivity contribution is 7.09. The van der Waals surface area contributed by atoms with Gasteiger partial charge in [-0.3, -0.25) is 0 Å². The maximum absolute atomic E-state index is 13.9. The monoisotopic (exact) mass is 279 g/mol. The second kappa shape index (κ2) is 5.67. The number of thiazole rings is 1. The molecule has 0 aliphatic rings. The minimum Gasteiger partial charge on any atom is -0.368 e. The van der Waals surface area contributed by atoms with E-state index < -0.39 is 0 Å². The van der Waals surface area contributed by atoms with Gasteiger partial charge in [0.2, 0.25) is 0 Å². The molecule has 2 N–H and O–H groups in total. The molecule has 0 radical (unpaired) electrons. The molecule has 0 saturated heterocycles. The van der Waals surface area contributed by atoms with Crippen molar-refractivity contribution in [3.05, 3.63) is 45.7 Å². The molecule has 0 unspecified atom stereocenters. The summed E-state index contributed by atoms with van der Waals surface area (Å²) in [7, 11) is 1.93. The van der Waals surface area contributed by atoms with Crippen LogP contribution in [0.5, 0.6) is 0 Å². The highest BCUT2D eigenvalue weighted by Gasteiger charge is 2.16. The minimum absolute atomic E-state index is 0.256. The Hall–Kier alpha value is -1.46. The fourth-order valence-corrected chi connectivity index (χ4v) is 2.72. The number of hydrogen-bond donors (Lipinski definition) is 1. The van der Waals surface area contributed by atoms with Gasteiger partial charge in [-0.15, -0.1) is 11.3 Å². The van der Waals surface area contributed by atoms with Gasteiger partial charge in [0.05, 0.1) is 17.2 Å². The summed E-state index contributed by atoms with van der Waals surface area (Å²) in [6.45, 7) is 4.42. The molecule has 0 fully saturated rings. The van der Waals surface area contributed by atoms with Crippen LogP contribution in [0.25, 0.3) is 0 Å². The highest BCUT2D eigenvalue weighted by Crippen LogP contribution is 2.28. The second-order valence-electron chi connectivity index (χ2n) is 4.68. The molecule has 0 amide bonds. The molecule has 2 rings (SSSR count). The Balaban J connectivity index is 2.28. The zero-order valence-corrected chi connectivity index (χ0v) is 12.2. The van der Waals surface area contributed by atoms with E-state index in [0.29, 0.717) is 12.1 Å². The van der Waals surface area contributed by atoms with Crippen molar-refractivity contribution < 1.29 is 4.39 Å². The first kappa shape index (κ1) is 14.0. The van der Waals surface area contributed by atoms with Gasteiger partial charge in [-0.1, -0.05) is 6.07 Å². The molecule has 0 spiro atoms. The van der Waals surface area contributed by atoms with Gasteiger partial charge in [-0.2, -0.15) is 0 Å². The van der Waals surface area contributed by atoms with E-state index in [-0.39, 0.29) is 11.9 Å². The predicted octanol–water partition coefficient (Wildman–Crippen LogP) is 3.25. The van der Waals surface area contributed by atoms with Crippen molar-refractivity contribution in [2.24, 2.45) is 5.73 Å². The number of nitrogens with zero attached hydrogens (tertiary/aromatic N) is 2. The van der Waals surface area contributed by atoms with E-state index >= 15 is 0 Å². The SMILES string of the molecule is Cc1nc(CN(C)c2cccc(F)c2[C@@H](C)N)cs1. The summed E-state index contributed by atoms with van der Waals surface area (Å²) < 4.78 is 13.9. The third-order valence-electron chi connectivity index (χ3n) is 2.96. The Bertz CT molecular complexity index is 566. The molecule has 0 aliphatic heterocycles. The number of benzene rings is 1. The number of rotatable bonds is 4. The molecule has 1 aromatic carbocycles. The normalized spacial score (nSPS) is 12.5. The van der Waals surface area contributed by atoms with Crippen LogP contribution in [0.2, 0.25) is 0 Å². The van der Waals surface area contributed by atoms with E-state index in [1.54, 1.807) is 24.3 Å². The zero-order chi connectivity index (χ0) is 14.0. The number of anilines is 1. The van der Waals surface area contributed by atoms with Gasteiger partial charge in [0.1, 0.15) is 5.82 Å². The minimum atomic E-state index is -0.337. The summed E-state index contributed by atoms with van der Waals surface area (Å²) in [5.41, 5.74) is 8.23. The molecular weight excluding hydrogens is 261 g/mol. The third kappa shape index (κ3) is 3.11. The zero-order valence-electron chi connectivity index (χ0n) is 11.4. The summed E-state index contributed by atoms with van der Waals surface area (Å²) >= 11 is 1.62. The summed E-state index contributed by atoms with van der Waals surface area (Å²) in [4.78, 5) is 6.41. The fourth-order valence-electron chi connectivity index (χ4n) is 2.12. The van der Waals surface area contributed by atoms with Crippen molar-refractivity contribution >= 4 is 17.0 Å². The second-order valence-corrected chi connectivity index (χ2v) is 5.74. The standard InChI is InChI=1S/C14H18FN3S/c1-9(16)14-12(15)5-4-6-13(14)18(3)7-11-8-19-10(2)17-11/h4-6,8-9H,7,16H2,1-3H3/t9-/m1/s1. The van der Waals surface area contributed by atoms with Crippen LogP contribution < -0.4 is 10.6 Å². The smallest absolute Gasteiger partial charge is 0.130 e. The lowest BCUT2D eigenvalue weighted by molar-refractivity contribution is 0.592. The number of aromatic nitrogens is 1. The van der Waals surface area contributed by atoms with Crippen LogP contribution in [0.3, 0.4) is 0 Å². The van der Waals surface area contributed by atoms with Gasteiger partial charge in [-0.25, -0.2) is 9.37 Å². The van der Waals surface area contributed by atoms with Gasteiger partial charge in [0.25, 0.3) is 0 Å². The van der Waals surface area contributed by atoms with E-state index in [2.05, 4.69) is 4.98 Å². The number of hydrogen-bond acceptors (Lipinski definition) is 4. The molecule has 0 aliphatic carbocycles. The topological polar surface area (TPSA) is 42.2 Å². The lowest BCUT2D eigenvalue weighted by Crippen LogP contribution is -2.21. The molecule has 2 aromatic rings. The van der Waals surface area contributed by atoms with Crippen molar-refractivity contribution in [3.63, 3.8) is 0 Å². The van der Waals surface area contributed by atoms with Crippen LogP contribution in [0, 0.1) is 12.7 Å². The Labute approximate surface area is 116 Å². The van der Waals surface area contributed by atoms with Crippen LogP contribution >= 0.6 is 11.3 Å². The van der Waals surface area contributed by atoms with Crippen molar-refractivity contribution in [3.8, 4) is 0 Å². The molecule has 5 heteroatoms. The Kier molecular flexibility index (Phi) is 4.17. The largest absolute Gasteiger partial charge is 0.368 e. The maximum Gasteiger partial charge on any atom is 0.130 e. The molecule has 102 valence electrons. The van der Waals surface area contributed by atoms with Gasteiger partial charge in [0, 0.05) is 29.7 Å². The lowest BCUT2D eigenvalue weighted by Gasteiger charge is -2.23. The molecule has 1 atom stereocenters. The van der Waals surface area contributed by atoms with Gasteiger partial charge >= 0.3 is 0 Å². The summed E-state index contributed by atoms with van der Waals surface area (Å²) in [5, 5.41) is 3.06. The van der Waals surface area contributed by atoms with Crippen molar-refractivity contribution in [2.75, 3.05) is 11.9 Å². The van der Waals surface area contributed by atoms with Crippen LogP contribution in [0.1, 0.15) is 29.2 Å². The molecule has 1 aromatic heterocycles. The van der Waals surface area contributed by atoms with E-state index in [9.17, 15) is 4.39 Å². The number of halogens is 1. The Morgan fingerprint density at radius 3 is 2.79 bits per heavy atom. The molecule has 3 nitrogen and oxygen atoms in total. The van der Waals surface area contributed by atoms with Crippen molar-refractivity contribution in [2.45, 2.75) is 26.4 Å². The number of nitrogens with two attached hydrogens (primary N) is 1. The summed E-state index contributed by atoms with van der Waals surface area (Å²) in [6, 6.07) is 4.71. The van der Waals surface area contributed by atoms with Gasteiger partial charge in [-0.05, 0) is 26.0 Å². The third-order valence-corrected chi connectivity index (χ3v) is 3.78. The van der Waals surface area contributed by atoms with E-state index in [1.807, 2.05) is 30.3 Å². The fraction of sp³-hybridized carbons (Fsp3) is 0.357. The van der Waals surface area contributed by atoms with Crippen LogP contribution in [-0.4, -0.2) is 12.0 Å². The van der Waals surface area contributed by atoms with Crippen LogP contribution in [0.4, 0.5) is 10.1 Å². The van der Waals surface area contributed by atoms with Gasteiger partial charge in [0.15, 0.2) is 0 Å². The van der Waals surface area contributed by atoms with E-state index in [4.69, 9.17) is 5.73 Å². The Morgan fingerprint density at radius 2 is 2.21 bits per heavy atom. The molecule has 0 saturated carbocycles. The molecule has 1 heterocycles. The first-order chi connectivity index (χ1) is 8.99. The lowest BCUT2D eigenvalue weighted by atomic mass is 10.1. The number of aryl methyl sites for hydroxylation is 1. The van der Waals surface area contributed by atoms with Crippen molar-refractivity contribution in [1.82, 2.24) is 4.98 Å². The van der Waals surface area contributed by atoms with Crippen LogP contribution in [0.15, 0.2) is 23.6 Å². The quantitative estimate of drug-likeness (QED) is 0.934. The van der Waals surface area contributed by atoms with E-state index in [0.717, 1.165) is 16.4 Å². The molecule has 0 bridgehead atoms. The van der Waals surface area contributed by atoms with E-state index in [1.165, 1.54) is 6.07 Å². The average Bonchev–Trinajstić information content (AvgIpc) is 2.73. The predicted molar refractivity (Wildman–Crippen MR) is 78.0 cm³/mol. The molecule has 19 heavy (non-hydrogen) atoms. The molecular formula is C14H18FN3S. The van der Waals surface area contributed by atoms with Gasteiger partial charge < -0.3 is 10.6 Å². The van der Waals surface area contributed by atoms with Crippen LogP contribution in [-0.2, 0) is 6.54 Å². The summed E-state index contributed by atoms with van der Waals surface area (Å²) in [5.74, 6) is -0.256. The Morgan fingerprint density at radius 1 is 1.47 bits per heavy atom. The highest BCUT2D eigenvalue weighted by atomic mass is 32.1. The van der Waals surface area contributed by atoms with Crippen molar-refractivity contribution in [1.29, 1.82) is 0 Å².